The van der Waals surface area contributed by atoms with Crippen LogP contribution in [0.3, 0.4) is 0 Å². The second-order valence-electron chi connectivity index (χ2n) is 9.57. The van der Waals surface area contributed by atoms with Crippen molar-refractivity contribution in [1.29, 1.82) is 0 Å². The van der Waals surface area contributed by atoms with E-state index < -0.39 is 0 Å². The zero-order chi connectivity index (χ0) is 20.3. The van der Waals surface area contributed by atoms with E-state index in [2.05, 4.69) is 41.5 Å². The average molecular weight is 367 g/mol. The van der Waals surface area contributed by atoms with Crippen molar-refractivity contribution in [2.24, 2.45) is 40.9 Å². The summed E-state index contributed by atoms with van der Waals surface area (Å²) in [6.07, 6.45) is 13.7. The predicted octanol–water partition coefficient (Wildman–Crippen LogP) is 9.38. The Morgan fingerprint density at radius 3 is 1.85 bits per heavy atom. The Labute approximate surface area is 168 Å². The first-order chi connectivity index (χ1) is 12.4. The zero-order valence-electron chi connectivity index (χ0n) is 20.3. The van der Waals surface area contributed by atoms with E-state index in [4.69, 9.17) is 0 Å². The third-order valence-corrected chi connectivity index (χ3v) is 7.30. The molecule has 3 aliphatic rings. The lowest BCUT2D eigenvalue weighted by Crippen LogP contribution is -2.45. The molecule has 6 unspecified atom stereocenters. The van der Waals surface area contributed by atoms with Crippen LogP contribution in [0.15, 0.2) is 0 Å². The summed E-state index contributed by atoms with van der Waals surface area (Å²) in [6.45, 7) is 22.0. The highest BCUT2D eigenvalue weighted by atomic mass is 14.6. The molecule has 0 saturated heterocycles. The molecule has 0 N–H and O–H groups in total. The molecule has 0 aliphatic heterocycles. The molecule has 0 amide bonds. The fraction of sp³-hybridized carbons (Fsp3) is 1.00. The standard InChI is InChI=1S/C18H32.C4H10.2C2H6/c1-4-13-8-9-16-15(14(13)5-2)10-12-18(3)11-6-7-17(16)18;1-4(2)3;2*1-2/h13-17H,4-12H2,1-3H3;4H,1-3H3;2*1-2H3. The third-order valence-electron chi connectivity index (χ3n) is 7.30. The van der Waals surface area contributed by atoms with Crippen molar-refractivity contribution < 1.29 is 0 Å². The van der Waals surface area contributed by atoms with Crippen LogP contribution in [0.4, 0.5) is 0 Å². The molecule has 0 aromatic carbocycles. The first-order valence-electron chi connectivity index (χ1n) is 12.4. The predicted molar refractivity (Wildman–Crippen MR) is 122 cm³/mol. The van der Waals surface area contributed by atoms with Crippen LogP contribution in [-0.4, -0.2) is 0 Å². The van der Waals surface area contributed by atoms with Crippen molar-refractivity contribution in [3.8, 4) is 0 Å². The van der Waals surface area contributed by atoms with Crippen molar-refractivity contribution >= 4 is 0 Å². The van der Waals surface area contributed by atoms with Gasteiger partial charge in [0, 0.05) is 0 Å². The van der Waals surface area contributed by atoms with Gasteiger partial charge in [0.05, 0.1) is 0 Å². The van der Waals surface area contributed by atoms with Gasteiger partial charge in [0.25, 0.3) is 0 Å². The fourth-order valence-corrected chi connectivity index (χ4v) is 6.37. The molecule has 26 heavy (non-hydrogen) atoms. The molecule has 0 bridgehead atoms. The van der Waals surface area contributed by atoms with Crippen molar-refractivity contribution in [2.45, 2.75) is 127 Å². The molecule has 0 aromatic rings. The van der Waals surface area contributed by atoms with Gasteiger partial charge < -0.3 is 0 Å². The largest absolute Gasteiger partial charge is 0.0683 e. The van der Waals surface area contributed by atoms with E-state index in [9.17, 15) is 0 Å². The quantitative estimate of drug-likeness (QED) is 0.456. The lowest BCUT2D eigenvalue weighted by Gasteiger charge is -2.53. The molecule has 0 aromatic heterocycles. The lowest BCUT2D eigenvalue weighted by atomic mass is 9.52. The Kier molecular flexibility index (Phi) is 13.2. The highest BCUT2D eigenvalue weighted by Crippen LogP contribution is 2.61. The summed E-state index contributed by atoms with van der Waals surface area (Å²) in [5, 5.41) is 0. The van der Waals surface area contributed by atoms with E-state index in [1.807, 2.05) is 27.7 Å². The second-order valence-corrected chi connectivity index (χ2v) is 9.57. The first-order valence-corrected chi connectivity index (χ1v) is 12.4. The van der Waals surface area contributed by atoms with Gasteiger partial charge in [-0.1, -0.05) is 88.5 Å². The van der Waals surface area contributed by atoms with E-state index in [0.717, 1.165) is 40.9 Å². The molecule has 0 heteroatoms. The van der Waals surface area contributed by atoms with Crippen molar-refractivity contribution in [2.75, 3.05) is 0 Å². The molecular weight excluding hydrogens is 312 g/mol. The van der Waals surface area contributed by atoms with Gasteiger partial charge in [0.1, 0.15) is 0 Å². The SMILES string of the molecule is CC.CC.CC(C)C.CCC1CCC2C(CCC3(C)CCCC23)C1CC. The van der Waals surface area contributed by atoms with Crippen LogP contribution in [0.2, 0.25) is 0 Å². The fourth-order valence-electron chi connectivity index (χ4n) is 6.37. The summed E-state index contributed by atoms with van der Waals surface area (Å²) in [5.41, 5.74) is 0.749. The van der Waals surface area contributed by atoms with Gasteiger partial charge >= 0.3 is 0 Å². The van der Waals surface area contributed by atoms with Crippen molar-refractivity contribution in [1.82, 2.24) is 0 Å². The molecule has 0 nitrogen and oxygen atoms in total. The summed E-state index contributed by atoms with van der Waals surface area (Å²) in [7, 11) is 0. The number of fused-ring (bicyclic) bond motifs is 3. The van der Waals surface area contributed by atoms with Crippen molar-refractivity contribution in [3.63, 3.8) is 0 Å². The molecule has 6 atom stereocenters. The van der Waals surface area contributed by atoms with Crippen LogP contribution in [0.5, 0.6) is 0 Å². The van der Waals surface area contributed by atoms with E-state index in [-0.39, 0.29) is 0 Å². The highest BCUT2D eigenvalue weighted by molar-refractivity contribution is 5.01. The Morgan fingerprint density at radius 1 is 0.769 bits per heavy atom. The van der Waals surface area contributed by atoms with Gasteiger partial charge in [-0.2, -0.15) is 0 Å². The topological polar surface area (TPSA) is 0 Å². The maximum Gasteiger partial charge on any atom is -0.0295 e. The lowest BCUT2D eigenvalue weighted by molar-refractivity contribution is -0.0389. The summed E-state index contributed by atoms with van der Waals surface area (Å²) < 4.78 is 0. The monoisotopic (exact) mass is 366 g/mol. The molecule has 0 heterocycles. The maximum absolute atomic E-state index is 2.62. The van der Waals surface area contributed by atoms with E-state index >= 15 is 0 Å². The Bertz CT molecular complexity index is 328. The average Bonchev–Trinajstić information content (AvgIpc) is 3.05. The minimum absolute atomic E-state index is 0.749. The van der Waals surface area contributed by atoms with Gasteiger partial charge in [-0.05, 0) is 79.4 Å². The van der Waals surface area contributed by atoms with Crippen molar-refractivity contribution in [3.05, 3.63) is 0 Å². The van der Waals surface area contributed by atoms with Gasteiger partial charge in [-0.15, -0.1) is 0 Å². The van der Waals surface area contributed by atoms with Crippen LogP contribution in [0.25, 0.3) is 0 Å². The minimum Gasteiger partial charge on any atom is -0.0683 e. The smallest absolute Gasteiger partial charge is 0.0295 e. The number of hydrogen-bond acceptors (Lipinski definition) is 0. The molecule has 3 saturated carbocycles. The van der Waals surface area contributed by atoms with E-state index in [0.29, 0.717) is 0 Å². The molecule has 3 aliphatic carbocycles. The maximum atomic E-state index is 2.62. The highest BCUT2D eigenvalue weighted by Gasteiger charge is 2.52. The Balaban J connectivity index is 0.000000680. The first kappa shape index (κ1) is 26.0. The Hall–Kier alpha value is 0. The van der Waals surface area contributed by atoms with Crippen LogP contribution in [0.1, 0.15) is 127 Å². The van der Waals surface area contributed by atoms with Gasteiger partial charge in [0.2, 0.25) is 0 Å². The second kappa shape index (κ2) is 13.2. The van der Waals surface area contributed by atoms with E-state index in [1.165, 1.54) is 25.7 Å². The normalized spacial score (nSPS) is 37.7. The van der Waals surface area contributed by atoms with E-state index in [1.54, 1.807) is 32.1 Å². The summed E-state index contributed by atoms with van der Waals surface area (Å²) in [5.74, 6) is 6.27. The van der Waals surface area contributed by atoms with Gasteiger partial charge in [-0.25, -0.2) is 0 Å². The van der Waals surface area contributed by atoms with Crippen LogP contribution < -0.4 is 0 Å². The third kappa shape index (κ3) is 6.56. The summed E-state index contributed by atoms with van der Waals surface area (Å²) >= 11 is 0. The summed E-state index contributed by atoms with van der Waals surface area (Å²) in [4.78, 5) is 0. The molecule has 3 fully saturated rings. The molecule has 0 radical (unpaired) electrons. The summed E-state index contributed by atoms with van der Waals surface area (Å²) in [6, 6.07) is 0. The number of rotatable bonds is 2. The molecule has 3 rings (SSSR count). The van der Waals surface area contributed by atoms with Crippen LogP contribution >= 0.6 is 0 Å². The van der Waals surface area contributed by atoms with Gasteiger partial charge in [0.15, 0.2) is 0 Å². The molecular formula is C26H54. The number of hydrogen-bond donors (Lipinski definition) is 0. The zero-order valence-corrected chi connectivity index (χ0v) is 20.3. The van der Waals surface area contributed by atoms with Crippen LogP contribution in [-0.2, 0) is 0 Å². The Morgan fingerprint density at radius 2 is 1.35 bits per heavy atom. The van der Waals surface area contributed by atoms with Crippen LogP contribution in [0, 0.1) is 40.9 Å². The van der Waals surface area contributed by atoms with Gasteiger partial charge in [-0.3, -0.25) is 0 Å². The minimum atomic E-state index is 0.749. The molecule has 158 valence electrons. The molecule has 0 spiro atoms.